The lowest BCUT2D eigenvalue weighted by Gasteiger charge is -2.50. The summed E-state index contributed by atoms with van der Waals surface area (Å²) >= 11 is 0. The van der Waals surface area contributed by atoms with E-state index in [9.17, 15) is 9.59 Å². The van der Waals surface area contributed by atoms with Crippen LogP contribution in [0.25, 0.3) is 0 Å². The number of nitrogens with zero attached hydrogens (tertiary/aromatic N) is 1. The average molecular weight is 334 g/mol. The van der Waals surface area contributed by atoms with E-state index in [4.69, 9.17) is 19.9 Å². The maximum Gasteiger partial charge on any atom is 0.410 e. The van der Waals surface area contributed by atoms with Crippen molar-refractivity contribution in [2.24, 2.45) is 5.73 Å². The van der Waals surface area contributed by atoms with E-state index in [2.05, 4.69) is 0 Å². The number of hydrogen-bond acceptors (Lipinski definition) is 6. The number of esters is 1. The second-order valence-electron chi connectivity index (χ2n) is 6.35. The Morgan fingerprint density at radius 1 is 1.25 bits per heavy atom. The monoisotopic (exact) mass is 334 g/mol. The third-order valence-electron chi connectivity index (χ3n) is 4.61. The molecule has 2 saturated heterocycles. The van der Waals surface area contributed by atoms with Crippen LogP contribution in [-0.4, -0.2) is 54.9 Å². The highest BCUT2D eigenvalue weighted by atomic mass is 16.6. The molecule has 2 bridgehead atoms. The van der Waals surface area contributed by atoms with Gasteiger partial charge in [0.1, 0.15) is 12.1 Å². The van der Waals surface area contributed by atoms with Crippen LogP contribution >= 0.6 is 0 Å². The van der Waals surface area contributed by atoms with Crippen molar-refractivity contribution in [1.29, 1.82) is 0 Å². The second-order valence-corrected chi connectivity index (χ2v) is 6.35. The summed E-state index contributed by atoms with van der Waals surface area (Å²) in [6.07, 6.45) is 0.205. The Hall–Kier alpha value is -2.12. The Morgan fingerprint density at radius 3 is 2.46 bits per heavy atom. The van der Waals surface area contributed by atoms with Crippen molar-refractivity contribution in [3.63, 3.8) is 0 Å². The number of carbonyl (C=O) groups excluding carboxylic acids is 2. The fourth-order valence-corrected chi connectivity index (χ4v) is 3.50. The van der Waals surface area contributed by atoms with Crippen molar-refractivity contribution >= 4 is 12.1 Å². The van der Waals surface area contributed by atoms with Crippen LogP contribution in [0.15, 0.2) is 30.3 Å². The summed E-state index contributed by atoms with van der Waals surface area (Å²) in [7, 11) is 1.32. The molecule has 0 saturated carbocycles. The molecular weight excluding hydrogens is 312 g/mol. The second kappa shape index (κ2) is 6.78. The van der Waals surface area contributed by atoms with Crippen LogP contribution in [0.4, 0.5) is 4.79 Å². The maximum absolute atomic E-state index is 12.5. The molecule has 2 fully saturated rings. The number of methoxy groups -OCH3 is 1. The molecule has 0 radical (unpaired) electrons. The number of morpholine rings is 1. The lowest BCUT2D eigenvalue weighted by atomic mass is 9.79. The van der Waals surface area contributed by atoms with Crippen LogP contribution in [0.1, 0.15) is 18.4 Å². The summed E-state index contributed by atoms with van der Waals surface area (Å²) in [5.41, 5.74) is 6.07. The normalized spacial score (nSPS) is 29.0. The van der Waals surface area contributed by atoms with Crippen LogP contribution in [0.5, 0.6) is 0 Å². The van der Waals surface area contributed by atoms with Crippen molar-refractivity contribution in [3.8, 4) is 0 Å². The van der Waals surface area contributed by atoms with Crippen molar-refractivity contribution in [3.05, 3.63) is 35.9 Å². The number of hydrogen-bond donors (Lipinski definition) is 1. The molecule has 2 aliphatic heterocycles. The highest BCUT2D eigenvalue weighted by molar-refractivity contribution is 5.81. The van der Waals surface area contributed by atoms with Crippen LogP contribution < -0.4 is 5.73 Å². The molecule has 24 heavy (non-hydrogen) atoms. The van der Waals surface area contributed by atoms with Gasteiger partial charge in [0.05, 0.1) is 32.4 Å². The first-order chi connectivity index (χ1) is 11.5. The maximum atomic E-state index is 12.5. The average Bonchev–Trinajstić information content (AvgIpc) is 2.59. The SMILES string of the molecule is COC(=O)C1(N)CC2COCC(C1)N2C(=O)OCc1ccccc1. The first-order valence-electron chi connectivity index (χ1n) is 7.97. The molecule has 1 amide bonds. The molecule has 1 aromatic rings. The van der Waals surface area contributed by atoms with Crippen molar-refractivity contribution < 1.29 is 23.8 Å². The van der Waals surface area contributed by atoms with Gasteiger partial charge in [-0.2, -0.15) is 0 Å². The minimum absolute atomic E-state index is 0.210. The molecule has 7 nitrogen and oxygen atoms in total. The minimum Gasteiger partial charge on any atom is -0.468 e. The van der Waals surface area contributed by atoms with Gasteiger partial charge < -0.3 is 19.9 Å². The molecule has 2 aliphatic rings. The van der Waals surface area contributed by atoms with E-state index in [0.717, 1.165) is 5.56 Å². The third kappa shape index (κ3) is 3.22. The Balaban J connectivity index is 1.68. The van der Waals surface area contributed by atoms with E-state index in [1.807, 2.05) is 30.3 Å². The quantitative estimate of drug-likeness (QED) is 0.831. The smallest absolute Gasteiger partial charge is 0.410 e. The van der Waals surface area contributed by atoms with E-state index in [0.29, 0.717) is 26.1 Å². The number of piperidine rings is 1. The number of amides is 1. The number of nitrogens with two attached hydrogens (primary N) is 1. The predicted molar refractivity (Wildman–Crippen MR) is 85.0 cm³/mol. The van der Waals surface area contributed by atoms with E-state index in [-0.39, 0.29) is 18.7 Å². The van der Waals surface area contributed by atoms with E-state index < -0.39 is 17.6 Å². The molecule has 2 N–H and O–H groups in total. The zero-order valence-corrected chi connectivity index (χ0v) is 13.6. The number of rotatable bonds is 3. The molecule has 0 spiro atoms. The van der Waals surface area contributed by atoms with Crippen LogP contribution in [0.2, 0.25) is 0 Å². The first kappa shape index (κ1) is 16.7. The summed E-state index contributed by atoms with van der Waals surface area (Å²) in [5.74, 6) is -0.447. The lowest BCUT2D eigenvalue weighted by Crippen LogP contribution is -2.68. The summed E-state index contributed by atoms with van der Waals surface area (Å²) in [6.45, 7) is 0.890. The van der Waals surface area contributed by atoms with Gasteiger partial charge in [0.25, 0.3) is 0 Å². The standard InChI is InChI=1S/C17H22N2O5/c1-22-15(20)17(18)7-13-10-23-11-14(8-17)19(13)16(21)24-9-12-5-3-2-4-6-12/h2-6,13-14H,7-11,18H2,1H3. The fraction of sp³-hybridized carbons (Fsp3) is 0.529. The molecule has 2 heterocycles. The Kier molecular flexibility index (Phi) is 4.73. The van der Waals surface area contributed by atoms with Crippen LogP contribution in [0.3, 0.4) is 0 Å². The largest absolute Gasteiger partial charge is 0.468 e. The van der Waals surface area contributed by atoms with Gasteiger partial charge >= 0.3 is 12.1 Å². The lowest BCUT2D eigenvalue weighted by molar-refractivity contribution is -0.155. The summed E-state index contributed by atoms with van der Waals surface area (Å²) < 4.78 is 15.8. The Morgan fingerprint density at radius 2 is 1.88 bits per heavy atom. The van der Waals surface area contributed by atoms with Gasteiger partial charge in [-0.05, 0) is 18.4 Å². The molecular formula is C17H22N2O5. The number of fused-ring (bicyclic) bond motifs is 2. The number of benzene rings is 1. The van der Waals surface area contributed by atoms with Crippen molar-refractivity contribution in [1.82, 2.24) is 4.90 Å². The van der Waals surface area contributed by atoms with Crippen molar-refractivity contribution in [2.75, 3.05) is 20.3 Å². The molecule has 130 valence electrons. The molecule has 2 atom stereocenters. The van der Waals surface area contributed by atoms with E-state index >= 15 is 0 Å². The van der Waals surface area contributed by atoms with Gasteiger partial charge in [0.15, 0.2) is 0 Å². The van der Waals surface area contributed by atoms with Crippen LogP contribution in [-0.2, 0) is 25.6 Å². The number of carbonyl (C=O) groups is 2. The molecule has 2 unspecified atom stereocenters. The first-order valence-corrected chi connectivity index (χ1v) is 7.97. The zero-order chi connectivity index (χ0) is 17.2. The van der Waals surface area contributed by atoms with Gasteiger partial charge in [-0.25, -0.2) is 4.79 Å². The molecule has 0 aliphatic carbocycles. The predicted octanol–water partition coefficient (Wildman–Crippen LogP) is 1.06. The summed E-state index contributed by atoms with van der Waals surface area (Å²) in [4.78, 5) is 26.2. The van der Waals surface area contributed by atoms with Gasteiger partial charge in [0, 0.05) is 0 Å². The topological polar surface area (TPSA) is 91.1 Å². The van der Waals surface area contributed by atoms with Crippen molar-refractivity contribution in [2.45, 2.75) is 37.1 Å². The molecule has 7 heteroatoms. The van der Waals surface area contributed by atoms with Gasteiger partial charge in [-0.3, -0.25) is 9.69 Å². The van der Waals surface area contributed by atoms with Crippen LogP contribution in [0, 0.1) is 0 Å². The minimum atomic E-state index is -1.08. The van der Waals surface area contributed by atoms with E-state index in [1.165, 1.54) is 7.11 Å². The molecule has 1 aromatic carbocycles. The van der Waals surface area contributed by atoms with Gasteiger partial charge in [-0.15, -0.1) is 0 Å². The van der Waals surface area contributed by atoms with E-state index in [1.54, 1.807) is 4.90 Å². The number of ether oxygens (including phenoxy) is 3. The molecule has 0 aromatic heterocycles. The Labute approximate surface area is 140 Å². The fourth-order valence-electron chi connectivity index (χ4n) is 3.50. The molecule has 3 rings (SSSR count). The summed E-state index contributed by atoms with van der Waals surface area (Å²) in [6, 6.07) is 8.92. The highest BCUT2D eigenvalue weighted by Gasteiger charge is 2.51. The summed E-state index contributed by atoms with van der Waals surface area (Å²) in [5, 5.41) is 0. The third-order valence-corrected chi connectivity index (χ3v) is 4.61. The highest BCUT2D eigenvalue weighted by Crippen LogP contribution is 2.34. The zero-order valence-electron chi connectivity index (χ0n) is 13.6. The Bertz CT molecular complexity index is 592. The van der Waals surface area contributed by atoms with Gasteiger partial charge in [0.2, 0.25) is 0 Å². The van der Waals surface area contributed by atoms with Gasteiger partial charge in [-0.1, -0.05) is 30.3 Å².